The Labute approximate surface area is 123 Å². The summed E-state index contributed by atoms with van der Waals surface area (Å²) >= 11 is 3.60. The maximum absolute atomic E-state index is 10.5. The Balaban J connectivity index is 1.92. The van der Waals surface area contributed by atoms with Gasteiger partial charge in [0.25, 0.3) is 0 Å². The third kappa shape index (κ3) is 3.58. The second-order valence-electron chi connectivity index (χ2n) is 5.55. The van der Waals surface area contributed by atoms with Crippen LogP contribution in [0.4, 0.5) is 0 Å². The molecule has 1 aromatic rings. The molecule has 1 heterocycles. The molecule has 1 saturated carbocycles. The van der Waals surface area contributed by atoms with E-state index in [4.69, 9.17) is 0 Å². The van der Waals surface area contributed by atoms with Gasteiger partial charge < -0.3 is 10.4 Å². The van der Waals surface area contributed by atoms with E-state index in [9.17, 15) is 5.11 Å². The molecule has 0 unspecified atom stereocenters. The van der Waals surface area contributed by atoms with Crippen LogP contribution in [0.2, 0.25) is 0 Å². The topological polar surface area (TPSA) is 50.1 Å². The lowest BCUT2D eigenvalue weighted by Crippen LogP contribution is -2.42. The van der Waals surface area contributed by atoms with Gasteiger partial charge >= 0.3 is 0 Å². The van der Waals surface area contributed by atoms with E-state index >= 15 is 0 Å². The number of hydrogen-bond acceptors (Lipinski definition) is 3. The second kappa shape index (κ2) is 6.37. The molecule has 0 aromatic carbocycles. The lowest BCUT2D eigenvalue weighted by Gasteiger charge is -2.32. The average Bonchev–Trinajstić information content (AvgIpc) is 2.67. The first-order chi connectivity index (χ1) is 9.06. The largest absolute Gasteiger partial charge is 0.389 e. The number of rotatable bonds is 5. The number of nitrogens with one attached hydrogen (secondary N) is 1. The Kier molecular flexibility index (Phi) is 5.03. The van der Waals surface area contributed by atoms with E-state index < -0.39 is 5.60 Å². The lowest BCUT2D eigenvalue weighted by molar-refractivity contribution is 0.00454. The minimum Gasteiger partial charge on any atom is -0.389 e. The zero-order valence-electron chi connectivity index (χ0n) is 11.9. The SMILES string of the molecule is CCn1nc(C)c(Br)c1CNCC1(O)CCCCC1. The molecule has 0 amide bonds. The molecular weight excluding hydrogens is 306 g/mol. The zero-order valence-corrected chi connectivity index (χ0v) is 13.5. The van der Waals surface area contributed by atoms with Gasteiger partial charge in [0.05, 0.1) is 21.5 Å². The quantitative estimate of drug-likeness (QED) is 0.873. The number of aromatic nitrogens is 2. The van der Waals surface area contributed by atoms with E-state index in [1.165, 1.54) is 12.1 Å². The van der Waals surface area contributed by atoms with Gasteiger partial charge in [-0.3, -0.25) is 4.68 Å². The molecule has 0 bridgehead atoms. The number of nitrogens with zero attached hydrogens (tertiary/aromatic N) is 2. The summed E-state index contributed by atoms with van der Waals surface area (Å²) in [5, 5.41) is 18.3. The molecule has 0 aliphatic heterocycles. The van der Waals surface area contributed by atoms with Crippen molar-refractivity contribution >= 4 is 15.9 Å². The van der Waals surface area contributed by atoms with Crippen molar-refractivity contribution in [3.8, 4) is 0 Å². The van der Waals surface area contributed by atoms with Gasteiger partial charge in [-0.2, -0.15) is 5.10 Å². The normalized spacial score (nSPS) is 18.7. The van der Waals surface area contributed by atoms with E-state index in [0.717, 1.165) is 48.9 Å². The van der Waals surface area contributed by atoms with Gasteiger partial charge in [-0.05, 0) is 42.6 Å². The molecule has 0 spiro atoms. The molecule has 19 heavy (non-hydrogen) atoms. The van der Waals surface area contributed by atoms with Crippen LogP contribution in [0.25, 0.3) is 0 Å². The van der Waals surface area contributed by atoms with Crippen molar-refractivity contribution in [2.75, 3.05) is 6.54 Å². The summed E-state index contributed by atoms with van der Waals surface area (Å²) in [5.41, 5.74) is 1.69. The van der Waals surface area contributed by atoms with Crippen LogP contribution in [0, 0.1) is 6.92 Å². The van der Waals surface area contributed by atoms with Gasteiger partial charge in [-0.1, -0.05) is 19.3 Å². The van der Waals surface area contributed by atoms with Crippen LogP contribution in [-0.4, -0.2) is 27.0 Å². The van der Waals surface area contributed by atoms with Crippen LogP contribution >= 0.6 is 15.9 Å². The fraction of sp³-hybridized carbons (Fsp3) is 0.786. The zero-order chi connectivity index (χ0) is 13.9. The Bertz CT molecular complexity index is 425. The van der Waals surface area contributed by atoms with Crippen molar-refractivity contribution in [2.45, 2.75) is 64.6 Å². The molecule has 2 N–H and O–H groups in total. The summed E-state index contributed by atoms with van der Waals surface area (Å²) in [5.74, 6) is 0. The van der Waals surface area contributed by atoms with Crippen LogP contribution in [0.1, 0.15) is 50.4 Å². The Morgan fingerprint density at radius 3 is 2.68 bits per heavy atom. The van der Waals surface area contributed by atoms with Gasteiger partial charge in [0, 0.05) is 19.6 Å². The van der Waals surface area contributed by atoms with Gasteiger partial charge in [0.2, 0.25) is 0 Å². The summed E-state index contributed by atoms with van der Waals surface area (Å²) in [7, 11) is 0. The molecule has 4 nitrogen and oxygen atoms in total. The lowest BCUT2D eigenvalue weighted by atomic mass is 9.85. The summed E-state index contributed by atoms with van der Waals surface area (Å²) in [4.78, 5) is 0. The number of hydrogen-bond donors (Lipinski definition) is 2. The maximum atomic E-state index is 10.5. The third-order valence-corrected chi connectivity index (χ3v) is 5.02. The van der Waals surface area contributed by atoms with Crippen molar-refractivity contribution in [1.82, 2.24) is 15.1 Å². The van der Waals surface area contributed by atoms with E-state index in [-0.39, 0.29) is 0 Å². The summed E-state index contributed by atoms with van der Waals surface area (Å²) in [6, 6.07) is 0. The first kappa shape index (κ1) is 15.0. The monoisotopic (exact) mass is 329 g/mol. The summed E-state index contributed by atoms with van der Waals surface area (Å²) < 4.78 is 3.09. The molecule has 0 atom stereocenters. The maximum Gasteiger partial charge on any atom is 0.0771 e. The second-order valence-corrected chi connectivity index (χ2v) is 6.34. The predicted octanol–water partition coefficient (Wildman–Crippen LogP) is 2.76. The summed E-state index contributed by atoms with van der Waals surface area (Å²) in [6.45, 7) is 6.39. The van der Waals surface area contributed by atoms with Gasteiger partial charge in [0.1, 0.15) is 0 Å². The van der Waals surface area contributed by atoms with Crippen LogP contribution in [0.3, 0.4) is 0 Å². The van der Waals surface area contributed by atoms with Crippen LogP contribution in [0.5, 0.6) is 0 Å². The highest BCUT2D eigenvalue weighted by molar-refractivity contribution is 9.10. The first-order valence-electron chi connectivity index (χ1n) is 7.20. The van der Waals surface area contributed by atoms with Crippen LogP contribution < -0.4 is 5.32 Å². The van der Waals surface area contributed by atoms with Crippen LogP contribution in [0.15, 0.2) is 4.47 Å². The minimum atomic E-state index is -0.503. The highest BCUT2D eigenvalue weighted by atomic mass is 79.9. The minimum absolute atomic E-state index is 0.503. The van der Waals surface area contributed by atoms with Crippen molar-refractivity contribution in [3.63, 3.8) is 0 Å². The molecule has 0 saturated heterocycles. The Morgan fingerprint density at radius 2 is 2.05 bits per heavy atom. The van der Waals surface area contributed by atoms with Crippen molar-refractivity contribution in [1.29, 1.82) is 0 Å². The van der Waals surface area contributed by atoms with Crippen molar-refractivity contribution in [2.24, 2.45) is 0 Å². The van der Waals surface area contributed by atoms with E-state index in [1.54, 1.807) is 0 Å². The molecule has 108 valence electrons. The van der Waals surface area contributed by atoms with Crippen molar-refractivity contribution in [3.05, 3.63) is 15.9 Å². The van der Waals surface area contributed by atoms with Gasteiger partial charge in [0.15, 0.2) is 0 Å². The molecule has 1 fully saturated rings. The standard InChI is InChI=1S/C14H24BrN3O/c1-3-18-12(13(15)11(2)17-18)9-16-10-14(19)7-5-4-6-8-14/h16,19H,3-10H2,1-2H3. The molecule has 2 rings (SSSR count). The summed E-state index contributed by atoms with van der Waals surface area (Å²) in [6.07, 6.45) is 5.40. The average molecular weight is 330 g/mol. The highest BCUT2D eigenvalue weighted by Gasteiger charge is 2.28. The number of aliphatic hydroxyl groups is 1. The van der Waals surface area contributed by atoms with Crippen LogP contribution in [-0.2, 0) is 13.1 Å². The molecular formula is C14H24BrN3O. The molecule has 1 aliphatic carbocycles. The predicted molar refractivity (Wildman–Crippen MR) is 80.1 cm³/mol. The smallest absolute Gasteiger partial charge is 0.0771 e. The highest BCUT2D eigenvalue weighted by Crippen LogP contribution is 2.27. The molecule has 1 aliphatic rings. The molecule has 1 aromatic heterocycles. The van der Waals surface area contributed by atoms with E-state index in [1.807, 2.05) is 11.6 Å². The third-order valence-electron chi connectivity index (χ3n) is 3.98. The van der Waals surface area contributed by atoms with E-state index in [0.29, 0.717) is 6.54 Å². The fourth-order valence-electron chi connectivity index (χ4n) is 2.84. The molecule has 0 radical (unpaired) electrons. The van der Waals surface area contributed by atoms with E-state index in [2.05, 4.69) is 33.3 Å². The van der Waals surface area contributed by atoms with Crippen molar-refractivity contribution < 1.29 is 5.11 Å². The Hall–Kier alpha value is -0.390. The number of halogens is 1. The van der Waals surface area contributed by atoms with Gasteiger partial charge in [-0.25, -0.2) is 0 Å². The number of aryl methyl sites for hydroxylation is 2. The van der Waals surface area contributed by atoms with Gasteiger partial charge in [-0.15, -0.1) is 0 Å². The molecule has 5 heteroatoms. The Morgan fingerprint density at radius 1 is 1.37 bits per heavy atom. The fourth-order valence-corrected chi connectivity index (χ4v) is 3.26. The first-order valence-corrected chi connectivity index (χ1v) is 8.00.